The lowest BCUT2D eigenvalue weighted by atomic mass is 9.46. The van der Waals surface area contributed by atoms with E-state index >= 15 is 0 Å². The fourth-order valence-electron chi connectivity index (χ4n) is 7.81. The van der Waals surface area contributed by atoms with Crippen molar-refractivity contribution in [2.75, 3.05) is 0 Å². The van der Waals surface area contributed by atoms with Gasteiger partial charge in [0.25, 0.3) is 0 Å². The summed E-state index contributed by atoms with van der Waals surface area (Å²) in [5.41, 5.74) is 2.57. The fraction of sp³-hybridized carbons (Fsp3) is 0.864. The number of hydrogen-bond acceptors (Lipinski definition) is 1. The average molecular weight is 315 g/mol. The molecule has 0 radical (unpaired) electrons. The number of rotatable bonds is 1. The standard InChI is InChI=1S/C22H34O/c1-14-6-5-12-21(3)17(14)8-7-16-19-10-9-18(15(2)23)22(19,4)13-11-20(16)21/h8,14,16,18-20H,5-7,9-13H2,1-4H3/t14-,16+,18-,19+,20+,21+,22-/m1/s1. The van der Waals surface area contributed by atoms with Gasteiger partial charge < -0.3 is 0 Å². The highest BCUT2D eigenvalue weighted by atomic mass is 16.1. The van der Waals surface area contributed by atoms with Crippen molar-refractivity contribution in [3.05, 3.63) is 11.6 Å². The van der Waals surface area contributed by atoms with E-state index < -0.39 is 0 Å². The van der Waals surface area contributed by atoms with Crippen LogP contribution in [0.4, 0.5) is 0 Å². The largest absolute Gasteiger partial charge is 0.300 e. The molecule has 0 heterocycles. The molecule has 0 saturated heterocycles. The van der Waals surface area contributed by atoms with Crippen molar-refractivity contribution in [3.8, 4) is 0 Å². The molecule has 0 N–H and O–H groups in total. The van der Waals surface area contributed by atoms with E-state index in [2.05, 4.69) is 26.8 Å². The summed E-state index contributed by atoms with van der Waals surface area (Å²) < 4.78 is 0. The Morgan fingerprint density at radius 3 is 2.61 bits per heavy atom. The second-order valence-electron chi connectivity index (χ2n) is 9.77. The minimum atomic E-state index is 0.301. The van der Waals surface area contributed by atoms with Gasteiger partial charge in [-0.25, -0.2) is 0 Å². The van der Waals surface area contributed by atoms with Crippen LogP contribution in [0.1, 0.15) is 79.1 Å². The summed E-state index contributed by atoms with van der Waals surface area (Å²) in [6.07, 6.45) is 13.3. The third-order valence-electron chi connectivity index (χ3n) is 8.88. The second-order valence-corrected chi connectivity index (χ2v) is 9.77. The van der Waals surface area contributed by atoms with Gasteiger partial charge in [-0.15, -0.1) is 0 Å². The van der Waals surface area contributed by atoms with Crippen molar-refractivity contribution in [2.24, 2.45) is 40.4 Å². The van der Waals surface area contributed by atoms with E-state index in [4.69, 9.17) is 0 Å². The first-order valence-corrected chi connectivity index (χ1v) is 10.1. The normalized spacial score (nSPS) is 52.2. The maximum Gasteiger partial charge on any atom is 0.133 e. The Morgan fingerprint density at radius 2 is 1.87 bits per heavy atom. The number of fused-ring (bicyclic) bond motifs is 5. The molecule has 7 atom stereocenters. The summed E-state index contributed by atoms with van der Waals surface area (Å²) in [6, 6.07) is 0. The van der Waals surface area contributed by atoms with Gasteiger partial charge in [0, 0.05) is 5.92 Å². The van der Waals surface area contributed by atoms with Crippen molar-refractivity contribution < 1.29 is 4.79 Å². The van der Waals surface area contributed by atoms with E-state index in [1.807, 2.05) is 6.92 Å². The van der Waals surface area contributed by atoms with Crippen LogP contribution in [0.3, 0.4) is 0 Å². The molecule has 3 fully saturated rings. The molecule has 0 aromatic heterocycles. The number of carbonyl (C=O) groups excluding carboxylic acids is 1. The molecule has 0 aliphatic heterocycles. The second kappa shape index (κ2) is 5.20. The van der Waals surface area contributed by atoms with Crippen LogP contribution in [0.5, 0.6) is 0 Å². The zero-order valence-electron chi connectivity index (χ0n) is 15.5. The van der Waals surface area contributed by atoms with E-state index in [0.717, 1.165) is 30.1 Å². The lowest BCUT2D eigenvalue weighted by Crippen LogP contribution is -2.50. The van der Waals surface area contributed by atoms with Crippen LogP contribution in [-0.4, -0.2) is 5.78 Å². The molecule has 4 rings (SSSR count). The maximum atomic E-state index is 12.2. The monoisotopic (exact) mass is 314 g/mol. The summed E-state index contributed by atoms with van der Waals surface area (Å²) in [5.74, 6) is 4.12. The van der Waals surface area contributed by atoms with Crippen LogP contribution in [-0.2, 0) is 4.79 Å². The van der Waals surface area contributed by atoms with Gasteiger partial charge in [-0.2, -0.15) is 0 Å². The van der Waals surface area contributed by atoms with Crippen molar-refractivity contribution in [1.29, 1.82) is 0 Å². The highest BCUT2D eigenvalue weighted by molar-refractivity contribution is 5.79. The van der Waals surface area contributed by atoms with Gasteiger partial charge in [0.1, 0.15) is 5.78 Å². The van der Waals surface area contributed by atoms with Gasteiger partial charge in [-0.1, -0.05) is 38.8 Å². The predicted octanol–water partition coefficient (Wildman–Crippen LogP) is 5.79. The van der Waals surface area contributed by atoms with Gasteiger partial charge >= 0.3 is 0 Å². The molecule has 23 heavy (non-hydrogen) atoms. The van der Waals surface area contributed by atoms with Crippen LogP contribution >= 0.6 is 0 Å². The molecule has 4 aliphatic rings. The molecular formula is C22H34O. The molecule has 0 aromatic rings. The highest BCUT2D eigenvalue weighted by Crippen LogP contribution is 2.66. The highest BCUT2D eigenvalue weighted by Gasteiger charge is 2.59. The van der Waals surface area contributed by atoms with Crippen LogP contribution in [0.2, 0.25) is 0 Å². The van der Waals surface area contributed by atoms with Gasteiger partial charge in [0.05, 0.1) is 0 Å². The van der Waals surface area contributed by atoms with Gasteiger partial charge in [0.15, 0.2) is 0 Å². The van der Waals surface area contributed by atoms with E-state index in [9.17, 15) is 4.79 Å². The lowest BCUT2D eigenvalue weighted by Gasteiger charge is -2.58. The van der Waals surface area contributed by atoms with Crippen LogP contribution < -0.4 is 0 Å². The molecule has 0 amide bonds. The van der Waals surface area contributed by atoms with E-state index in [-0.39, 0.29) is 0 Å². The fourth-order valence-corrected chi connectivity index (χ4v) is 7.81. The minimum Gasteiger partial charge on any atom is -0.300 e. The predicted molar refractivity (Wildman–Crippen MR) is 95.0 cm³/mol. The van der Waals surface area contributed by atoms with Crippen molar-refractivity contribution in [2.45, 2.75) is 79.1 Å². The zero-order chi connectivity index (χ0) is 16.4. The Hall–Kier alpha value is -0.590. The third-order valence-corrected chi connectivity index (χ3v) is 8.88. The molecule has 1 nitrogen and oxygen atoms in total. The van der Waals surface area contributed by atoms with E-state index in [1.54, 1.807) is 5.57 Å². The first-order valence-electron chi connectivity index (χ1n) is 10.1. The van der Waals surface area contributed by atoms with Crippen molar-refractivity contribution >= 4 is 5.78 Å². The molecule has 0 unspecified atom stereocenters. The van der Waals surface area contributed by atoms with Crippen molar-refractivity contribution in [3.63, 3.8) is 0 Å². The number of ketones is 1. The minimum absolute atomic E-state index is 0.301. The Morgan fingerprint density at radius 1 is 1.09 bits per heavy atom. The summed E-state index contributed by atoms with van der Waals surface area (Å²) in [6.45, 7) is 9.34. The Kier molecular flexibility index (Phi) is 3.60. The molecule has 4 aliphatic carbocycles. The summed E-state index contributed by atoms with van der Waals surface area (Å²) in [7, 11) is 0. The summed E-state index contributed by atoms with van der Waals surface area (Å²) >= 11 is 0. The maximum absolute atomic E-state index is 12.2. The van der Waals surface area contributed by atoms with Gasteiger partial charge in [-0.3, -0.25) is 4.79 Å². The number of carbonyl (C=O) groups is 1. The topological polar surface area (TPSA) is 17.1 Å². The molecule has 0 bridgehead atoms. The Balaban J connectivity index is 1.69. The number of hydrogen-bond donors (Lipinski definition) is 0. The van der Waals surface area contributed by atoms with Gasteiger partial charge in [-0.05, 0) is 86.4 Å². The molecule has 128 valence electrons. The lowest BCUT2D eigenvalue weighted by molar-refractivity contribution is -0.127. The first kappa shape index (κ1) is 15.9. The van der Waals surface area contributed by atoms with E-state index in [1.165, 1.54) is 44.9 Å². The average Bonchev–Trinajstić information content (AvgIpc) is 2.84. The SMILES string of the molecule is CC(=O)[C@H]1CC[C@H]2[C@@H]3CC=C4[C@H](C)CCC[C@]4(C)[C@H]3CC[C@]12C. The van der Waals surface area contributed by atoms with E-state index in [0.29, 0.717) is 22.5 Å². The van der Waals surface area contributed by atoms with Gasteiger partial charge in [0.2, 0.25) is 0 Å². The van der Waals surface area contributed by atoms with Crippen molar-refractivity contribution in [1.82, 2.24) is 0 Å². The number of allylic oxidation sites excluding steroid dienone is 2. The quantitative estimate of drug-likeness (QED) is 0.560. The number of Topliss-reactive ketones (excluding diaryl/α,β-unsaturated/α-hetero) is 1. The van der Waals surface area contributed by atoms with Crippen LogP contribution in [0.15, 0.2) is 11.6 Å². The molecule has 0 spiro atoms. The Labute approximate surface area is 142 Å². The Bertz CT molecular complexity index is 546. The van der Waals surface area contributed by atoms with Crippen LogP contribution in [0.25, 0.3) is 0 Å². The summed E-state index contributed by atoms with van der Waals surface area (Å²) in [4.78, 5) is 12.2. The smallest absolute Gasteiger partial charge is 0.133 e. The molecule has 1 heteroatoms. The molecular weight excluding hydrogens is 280 g/mol. The zero-order valence-corrected chi connectivity index (χ0v) is 15.5. The molecule has 3 saturated carbocycles. The van der Waals surface area contributed by atoms with Crippen LogP contribution in [0, 0.1) is 40.4 Å². The summed E-state index contributed by atoms with van der Waals surface area (Å²) in [5, 5.41) is 0. The molecule has 0 aromatic carbocycles. The first-order chi connectivity index (χ1) is 10.9. The third kappa shape index (κ3) is 2.07.